The molecule has 4 heteroatoms. The number of hydrogen-bond donors (Lipinski definition) is 1. The fraction of sp³-hybridized carbons (Fsp3) is 0.400. The molecular weight excluding hydrogens is 242 g/mol. The van der Waals surface area contributed by atoms with Crippen LogP contribution in [-0.2, 0) is 27.4 Å². The van der Waals surface area contributed by atoms with Crippen molar-refractivity contribution in [1.29, 1.82) is 0 Å². The van der Waals surface area contributed by atoms with E-state index >= 15 is 0 Å². The zero-order valence-corrected chi connectivity index (χ0v) is 11.6. The van der Waals surface area contributed by atoms with Gasteiger partial charge in [-0.15, -0.1) is 0 Å². The van der Waals surface area contributed by atoms with Crippen molar-refractivity contribution < 1.29 is 14.3 Å². The third-order valence-corrected chi connectivity index (χ3v) is 2.64. The van der Waals surface area contributed by atoms with Gasteiger partial charge in [0.25, 0.3) is 0 Å². The maximum atomic E-state index is 11.4. The molecule has 0 heterocycles. The van der Waals surface area contributed by atoms with Crippen LogP contribution < -0.4 is 5.32 Å². The van der Waals surface area contributed by atoms with E-state index in [9.17, 15) is 4.79 Å². The quantitative estimate of drug-likeness (QED) is 0.576. The van der Waals surface area contributed by atoms with Crippen molar-refractivity contribution >= 4 is 5.97 Å². The first kappa shape index (κ1) is 15.4. The number of hydrogen-bond acceptors (Lipinski definition) is 4. The van der Waals surface area contributed by atoms with Crippen LogP contribution in [0.3, 0.4) is 0 Å². The Kier molecular flexibility index (Phi) is 6.85. The van der Waals surface area contributed by atoms with Gasteiger partial charge < -0.3 is 14.8 Å². The lowest BCUT2D eigenvalue weighted by atomic mass is 10.1. The molecule has 0 aliphatic carbocycles. The van der Waals surface area contributed by atoms with E-state index < -0.39 is 0 Å². The summed E-state index contributed by atoms with van der Waals surface area (Å²) in [4.78, 5) is 11.4. The van der Waals surface area contributed by atoms with Gasteiger partial charge in [-0.25, -0.2) is 4.79 Å². The van der Waals surface area contributed by atoms with E-state index in [1.54, 1.807) is 14.0 Å². The summed E-state index contributed by atoms with van der Waals surface area (Å²) >= 11 is 0. The summed E-state index contributed by atoms with van der Waals surface area (Å²) in [6, 6.07) is 8.03. The molecule has 0 atom stereocenters. The molecule has 0 saturated heterocycles. The average Bonchev–Trinajstić information content (AvgIpc) is 2.41. The second kappa shape index (κ2) is 8.45. The number of esters is 1. The Labute approximate surface area is 114 Å². The normalized spacial score (nSPS) is 10.2. The lowest BCUT2D eigenvalue weighted by molar-refractivity contribution is -0.138. The highest BCUT2D eigenvalue weighted by Crippen LogP contribution is 2.09. The monoisotopic (exact) mass is 263 g/mol. The number of rotatable bonds is 8. The molecule has 0 bridgehead atoms. The predicted octanol–water partition coefficient (Wildman–Crippen LogP) is 2.04. The summed E-state index contributed by atoms with van der Waals surface area (Å²) in [5.41, 5.74) is 2.73. The molecule has 0 unspecified atom stereocenters. The van der Waals surface area contributed by atoms with Crippen LogP contribution in [0.5, 0.6) is 0 Å². The van der Waals surface area contributed by atoms with Crippen LogP contribution in [0.1, 0.15) is 18.1 Å². The number of benzene rings is 1. The zero-order chi connectivity index (χ0) is 14.1. The van der Waals surface area contributed by atoms with E-state index in [2.05, 4.69) is 11.9 Å². The Hall–Kier alpha value is -1.65. The lowest BCUT2D eigenvalue weighted by Crippen LogP contribution is -2.22. The Morgan fingerprint density at radius 2 is 2.00 bits per heavy atom. The first-order valence-corrected chi connectivity index (χ1v) is 6.30. The Balaban J connectivity index is 2.45. The number of methoxy groups -OCH3 is 1. The molecule has 1 rings (SSSR count). The summed E-state index contributed by atoms with van der Waals surface area (Å²) in [5, 5.41) is 3.18. The van der Waals surface area contributed by atoms with Crippen LogP contribution in [0, 0.1) is 0 Å². The molecule has 4 nitrogen and oxygen atoms in total. The van der Waals surface area contributed by atoms with Crippen LogP contribution in [0.15, 0.2) is 36.4 Å². The van der Waals surface area contributed by atoms with Crippen LogP contribution in [-0.4, -0.2) is 26.2 Å². The molecule has 1 aromatic carbocycles. The second-order valence-electron chi connectivity index (χ2n) is 4.13. The topological polar surface area (TPSA) is 47.6 Å². The standard InChI is InChI=1S/C15H21NO3/c1-4-19-15(17)12(2)9-16-10-13-7-5-6-8-14(13)11-18-3/h5-8,16H,2,4,9-11H2,1,3H3. The van der Waals surface area contributed by atoms with Gasteiger partial charge in [-0.2, -0.15) is 0 Å². The molecular formula is C15H21NO3. The molecule has 0 aliphatic rings. The molecule has 0 spiro atoms. The van der Waals surface area contributed by atoms with E-state index in [4.69, 9.17) is 9.47 Å². The first-order valence-electron chi connectivity index (χ1n) is 6.30. The van der Waals surface area contributed by atoms with Gasteiger partial charge in [0, 0.05) is 25.8 Å². The Morgan fingerprint density at radius 1 is 1.32 bits per heavy atom. The van der Waals surface area contributed by atoms with Crippen molar-refractivity contribution in [2.24, 2.45) is 0 Å². The summed E-state index contributed by atoms with van der Waals surface area (Å²) < 4.78 is 10.0. The SMILES string of the molecule is C=C(CNCc1ccccc1COC)C(=O)OCC. The Bertz CT molecular complexity index is 429. The molecule has 104 valence electrons. The second-order valence-corrected chi connectivity index (χ2v) is 4.13. The largest absolute Gasteiger partial charge is 0.463 e. The van der Waals surface area contributed by atoms with E-state index in [0.29, 0.717) is 31.9 Å². The molecule has 0 saturated carbocycles. The highest BCUT2D eigenvalue weighted by molar-refractivity contribution is 5.88. The molecule has 1 N–H and O–H groups in total. The van der Waals surface area contributed by atoms with Crippen molar-refractivity contribution in [3.05, 3.63) is 47.5 Å². The van der Waals surface area contributed by atoms with Crippen LogP contribution in [0.4, 0.5) is 0 Å². The van der Waals surface area contributed by atoms with Gasteiger partial charge in [-0.3, -0.25) is 0 Å². The highest BCUT2D eigenvalue weighted by Gasteiger charge is 2.07. The third-order valence-electron chi connectivity index (χ3n) is 2.64. The maximum Gasteiger partial charge on any atom is 0.334 e. The molecule has 19 heavy (non-hydrogen) atoms. The minimum Gasteiger partial charge on any atom is -0.463 e. The highest BCUT2D eigenvalue weighted by atomic mass is 16.5. The minimum atomic E-state index is -0.347. The summed E-state index contributed by atoms with van der Waals surface area (Å²) in [5.74, 6) is -0.347. The van der Waals surface area contributed by atoms with E-state index in [-0.39, 0.29) is 5.97 Å². The van der Waals surface area contributed by atoms with Gasteiger partial charge in [-0.05, 0) is 18.1 Å². The molecule has 0 aromatic heterocycles. The summed E-state index contributed by atoms with van der Waals surface area (Å²) in [7, 11) is 1.67. The van der Waals surface area contributed by atoms with E-state index in [1.807, 2.05) is 24.3 Å². The lowest BCUT2D eigenvalue weighted by Gasteiger charge is -2.10. The number of nitrogens with one attached hydrogen (secondary N) is 1. The van der Waals surface area contributed by atoms with Gasteiger partial charge in [0.2, 0.25) is 0 Å². The van der Waals surface area contributed by atoms with Crippen LogP contribution >= 0.6 is 0 Å². The zero-order valence-electron chi connectivity index (χ0n) is 11.6. The molecule has 1 aromatic rings. The van der Waals surface area contributed by atoms with Crippen LogP contribution in [0.25, 0.3) is 0 Å². The first-order chi connectivity index (χ1) is 9.19. The van der Waals surface area contributed by atoms with Crippen LogP contribution in [0.2, 0.25) is 0 Å². The minimum absolute atomic E-state index is 0.347. The molecule has 0 fully saturated rings. The Morgan fingerprint density at radius 3 is 2.63 bits per heavy atom. The smallest absolute Gasteiger partial charge is 0.334 e. The molecule has 0 radical (unpaired) electrons. The maximum absolute atomic E-state index is 11.4. The number of carbonyl (C=O) groups excluding carboxylic acids is 1. The fourth-order valence-corrected chi connectivity index (χ4v) is 1.68. The average molecular weight is 263 g/mol. The van der Waals surface area contributed by atoms with Gasteiger partial charge in [-0.1, -0.05) is 30.8 Å². The van der Waals surface area contributed by atoms with Crippen molar-refractivity contribution in [3.63, 3.8) is 0 Å². The fourth-order valence-electron chi connectivity index (χ4n) is 1.68. The van der Waals surface area contributed by atoms with Crippen molar-refractivity contribution in [1.82, 2.24) is 5.32 Å². The van der Waals surface area contributed by atoms with Gasteiger partial charge in [0.05, 0.1) is 13.2 Å². The van der Waals surface area contributed by atoms with Gasteiger partial charge in [0.1, 0.15) is 0 Å². The molecule has 0 amide bonds. The van der Waals surface area contributed by atoms with Crippen molar-refractivity contribution in [2.45, 2.75) is 20.1 Å². The van der Waals surface area contributed by atoms with E-state index in [0.717, 1.165) is 11.1 Å². The summed E-state index contributed by atoms with van der Waals surface area (Å²) in [6.07, 6.45) is 0. The summed E-state index contributed by atoms with van der Waals surface area (Å²) in [6.45, 7) is 7.51. The van der Waals surface area contributed by atoms with Gasteiger partial charge in [0.15, 0.2) is 0 Å². The van der Waals surface area contributed by atoms with Gasteiger partial charge >= 0.3 is 5.97 Å². The predicted molar refractivity (Wildman–Crippen MR) is 74.6 cm³/mol. The van der Waals surface area contributed by atoms with E-state index in [1.165, 1.54) is 0 Å². The number of carbonyl (C=O) groups is 1. The third kappa shape index (κ3) is 5.24. The van der Waals surface area contributed by atoms with Crippen molar-refractivity contribution in [3.8, 4) is 0 Å². The molecule has 0 aliphatic heterocycles. The van der Waals surface area contributed by atoms with Crippen molar-refractivity contribution in [2.75, 3.05) is 20.3 Å². The number of ether oxygens (including phenoxy) is 2.